The summed E-state index contributed by atoms with van der Waals surface area (Å²) in [5, 5.41) is 0. The summed E-state index contributed by atoms with van der Waals surface area (Å²) in [6.07, 6.45) is 1.12. The van der Waals surface area contributed by atoms with Gasteiger partial charge in [-0.05, 0) is 24.0 Å². The Morgan fingerprint density at radius 3 is 2.06 bits per heavy atom. The molecule has 2 heteroatoms. The summed E-state index contributed by atoms with van der Waals surface area (Å²) < 4.78 is 9.90. The van der Waals surface area contributed by atoms with Crippen LogP contribution in [0.1, 0.15) is 38.7 Å². The smallest absolute Gasteiger partial charge is 0.122 e. The highest BCUT2D eigenvalue weighted by molar-refractivity contribution is 5.35. The average molecular weight is 224 g/mol. The number of ether oxygens (including phenoxy) is 2. The standard InChI is InChI=1S/C10H14O.C4H10O/c1-8(2)9-6-4-5-7-10(9)11-3;1-3-4-5-2/h4-8H,1-3H3;3-4H2,1-2H3. The van der Waals surface area contributed by atoms with Crippen LogP contribution in [0.25, 0.3) is 0 Å². The van der Waals surface area contributed by atoms with Crippen molar-refractivity contribution >= 4 is 0 Å². The lowest BCUT2D eigenvalue weighted by molar-refractivity contribution is 0.199. The van der Waals surface area contributed by atoms with E-state index in [0.29, 0.717) is 5.92 Å². The van der Waals surface area contributed by atoms with Crippen molar-refractivity contribution < 1.29 is 9.47 Å². The summed E-state index contributed by atoms with van der Waals surface area (Å²) in [5.74, 6) is 1.52. The molecule has 0 heterocycles. The van der Waals surface area contributed by atoms with Crippen LogP contribution in [0.3, 0.4) is 0 Å². The van der Waals surface area contributed by atoms with Gasteiger partial charge in [-0.2, -0.15) is 0 Å². The van der Waals surface area contributed by atoms with Crippen molar-refractivity contribution in [2.24, 2.45) is 0 Å². The molecule has 0 atom stereocenters. The summed E-state index contributed by atoms with van der Waals surface area (Å²) >= 11 is 0. The molecule has 0 aliphatic rings. The highest BCUT2D eigenvalue weighted by atomic mass is 16.5. The first-order valence-electron chi connectivity index (χ1n) is 5.79. The van der Waals surface area contributed by atoms with Crippen molar-refractivity contribution in [1.29, 1.82) is 0 Å². The van der Waals surface area contributed by atoms with Crippen LogP contribution in [0, 0.1) is 0 Å². The second-order valence-corrected chi connectivity index (χ2v) is 3.89. The van der Waals surface area contributed by atoms with Crippen LogP contribution in [-0.2, 0) is 4.74 Å². The Labute approximate surface area is 99.6 Å². The minimum atomic E-state index is 0.533. The molecule has 0 N–H and O–H groups in total. The van der Waals surface area contributed by atoms with Crippen molar-refractivity contribution in [1.82, 2.24) is 0 Å². The second-order valence-electron chi connectivity index (χ2n) is 3.89. The quantitative estimate of drug-likeness (QED) is 0.773. The lowest BCUT2D eigenvalue weighted by Gasteiger charge is -2.10. The van der Waals surface area contributed by atoms with E-state index in [2.05, 4.69) is 26.8 Å². The third-order valence-electron chi connectivity index (χ3n) is 2.17. The van der Waals surface area contributed by atoms with Gasteiger partial charge in [-0.15, -0.1) is 0 Å². The molecule has 0 radical (unpaired) electrons. The van der Waals surface area contributed by atoms with Gasteiger partial charge in [0.2, 0.25) is 0 Å². The van der Waals surface area contributed by atoms with Crippen molar-refractivity contribution in [2.45, 2.75) is 33.1 Å². The second kappa shape index (κ2) is 9.22. The Kier molecular flexibility index (Phi) is 8.64. The van der Waals surface area contributed by atoms with Crippen molar-refractivity contribution in [3.8, 4) is 5.75 Å². The molecule has 16 heavy (non-hydrogen) atoms. The summed E-state index contributed by atoms with van der Waals surface area (Å²) in [6, 6.07) is 8.13. The van der Waals surface area contributed by atoms with E-state index in [-0.39, 0.29) is 0 Å². The van der Waals surface area contributed by atoms with Gasteiger partial charge in [0.1, 0.15) is 5.75 Å². The van der Waals surface area contributed by atoms with E-state index in [1.54, 1.807) is 14.2 Å². The van der Waals surface area contributed by atoms with Gasteiger partial charge in [0.15, 0.2) is 0 Å². The van der Waals surface area contributed by atoms with Crippen LogP contribution in [0.4, 0.5) is 0 Å². The van der Waals surface area contributed by atoms with E-state index in [9.17, 15) is 0 Å². The third kappa shape index (κ3) is 5.76. The zero-order valence-electron chi connectivity index (χ0n) is 11.1. The first-order chi connectivity index (χ1) is 7.67. The van der Waals surface area contributed by atoms with E-state index in [4.69, 9.17) is 9.47 Å². The van der Waals surface area contributed by atoms with Gasteiger partial charge in [-0.25, -0.2) is 0 Å². The van der Waals surface area contributed by atoms with E-state index < -0.39 is 0 Å². The molecule has 0 amide bonds. The van der Waals surface area contributed by atoms with Gasteiger partial charge < -0.3 is 9.47 Å². The van der Waals surface area contributed by atoms with Crippen LogP contribution in [0.5, 0.6) is 5.75 Å². The minimum absolute atomic E-state index is 0.533. The largest absolute Gasteiger partial charge is 0.496 e. The molecule has 1 rings (SSSR count). The molecule has 0 bridgehead atoms. The summed E-state index contributed by atoms with van der Waals surface area (Å²) in [6.45, 7) is 7.30. The molecular weight excluding hydrogens is 200 g/mol. The van der Waals surface area contributed by atoms with E-state index in [1.807, 2.05) is 18.2 Å². The molecule has 0 unspecified atom stereocenters. The van der Waals surface area contributed by atoms with Crippen LogP contribution < -0.4 is 4.74 Å². The fourth-order valence-electron chi connectivity index (χ4n) is 1.35. The SMILES string of the molecule is CCCOC.COc1ccccc1C(C)C. The normalized spacial score (nSPS) is 9.62. The number of hydrogen-bond acceptors (Lipinski definition) is 2. The number of benzene rings is 1. The number of methoxy groups -OCH3 is 2. The summed E-state index contributed by atoms with van der Waals surface area (Å²) in [4.78, 5) is 0. The first-order valence-corrected chi connectivity index (χ1v) is 5.79. The van der Waals surface area contributed by atoms with E-state index >= 15 is 0 Å². The maximum atomic E-state index is 5.21. The maximum Gasteiger partial charge on any atom is 0.122 e. The predicted octanol–water partition coefficient (Wildman–Crippen LogP) is 3.86. The molecule has 92 valence electrons. The molecule has 1 aromatic rings. The van der Waals surface area contributed by atoms with Crippen LogP contribution >= 0.6 is 0 Å². The molecule has 1 aromatic carbocycles. The highest BCUT2D eigenvalue weighted by Crippen LogP contribution is 2.24. The maximum absolute atomic E-state index is 5.21. The van der Waals surface area contributed by atoms with Gasteiger partial charge >= 0.3 is 0 Å². The number of rotatable bonds is 4. The minimum Gasteiger partial charge on any atom is -0.496 e. The van der Waals surface area contributed by atoms with E-state index in [1.165, 1.54) is 5.56 Å². The van der Waals surface area contributed by atoms with Crippen molar-refractivity contribution in [2.75, 3.05) is 20.8 Å². The lowest BCUT2D eigenvalue weighted by atomic mass is 10.0. The number of para-hydroxylation sites is 1. The molecular formula is C14H24O2. The summed E-state index contributed by atoms with van der Waals surface area (Å²) in [7, 11) is 3.42. The van der Waals surface area contributed by atoms with Gasteiger partial charge in [0.25, 0.3) is 0 Å². The molecule has 0 saturated heterocycles. The Morgan fingerprint density at radius 1 is 1.12 bits per heavy atom. The Balaban J connectivity index is 0.000000385. The molecule has 0 aliphatic heterocycles. The molecule has 0 saturated carbocycles. The molecule has 0 fully saturated rings. The molecule has 2 nitrogen and oxygen atoms in total. The van der Waals surface area contributed by atoms with Crippen molar-refractivity contribution in [3.63, 3.8) is 0 Å². The van der Waals surface area contributed by atoms with Crippen LogP contribution in [-0.4, -0.2) is 20.8 Å². The Hall–Kier alpha value is -1.02. The first kappa shape index (κ1) is 15.0. The third-order valence-corrected chi connectivity index (χ3v) is 2.17. The number of hydrogen-bond donors (Lipinski definition) is 0. The Morgan fingerprint density at radius 2 is 1.75 bits per heavy atom. The fraction of sp³-hybridized carbons (Fsp3) is 0.571. The fourth-order valence-corrected chi connectivity index (χ4v) is 1.35. The van der Waals surface area contributed by atoms with E-state index in [0.717, 1.165) is 18.8 Å². The van der Waals surface area contributed by atoms with Gasteiger partial charge in [-0.3, -0.25) is 0 Å². The lowest BCUT2D eigenvalue weighted by Crippen LogP contribution is -1.92. The average Bonchev–Trinajstić information content (AvgIpc) is 2.31. The van der Waals surface area contributed by atoms with Crippen molar-refractivity contribution in [3.05, 3.63) is 29.8 Å². The van der Waals surface area contributed by atoms with Gasteiger partial charge in [-0.1, -0.05) is 39.0 Å². The highest BCUT2D eigenvalue weighted by Gasteiger charge is 2.03. The zero-order chi connectivity index (χ0) is 12.4. The molecule has 0 aromatic heterocycles. The topological polar surface area (TPSA) is 18.5 Å². The van der Waals surface area contributed by atoms with Gasteiger partial charge in [0, 0.05) is 13.7 Å². The summed E-state index contributed by atoms with van der Waals surface area (Å²) in [5.41, 5.74) is 1.27. The molecule has 0 aliphatic carbocycles. The molecule has 0 spiro atoms. The van der Waals surface area contributed by atoms with Gasteiger partial charge in [0.05, 0.1) is 7.11 Å². The predicted molar refractivity (Wildman–Crippen MR) is 69.3 cm³/mol. The van der Waals surface area contributed by atoms with Crippen LogP contribution in [0.15, 0.2) is 24.3 Å². The zero-order valence-corrected chi connectivity index (χ0v) is 11.1. The van der Waals surface area contributed by atoms with Crippen LogP contribution in [0.2, 0.25) is 0 Å². The monoisotopic (exact) mass is 224 g/mol. The Bertz CT molecular complexity index is 267.